The topological polar surface area (TPSA) is 24.1 Å². The van der Waals surface area contributed by atoms with Crippen LogP contribution in [0.5, 0.6) is 0 Å². The fraction of sp³-hybridized carbons (Fsp3) is 0.333. The maximum atomic E-state index is 5.95. The molecular weight excluding hydrogens is 280 g/mol. The van der Waals surface area contributed by atoms with E-state index in [0.29, 0.717) is 12.1 Å². The molecule has 1 fully saturated rings. The van der Waals surface area contributed by atoms with Crippen molar-refractivity contribution in [2.45, 2.75) is 37.8 Å². The summed E-state index contributed by atoms with van der Waals surface area (Å²) in [5, 5.41) is 8.11. The van der Waals surface area contributed by atoms with Crippen molar-refractivity contribution < 1.29 is 0 Å². The van der Waals surface area contributed by atoms with Gasteiger partial charge in [0.25, 0.3) is 0 Å². The molecule has 2 aromatic rings. The fourth-order valence-electron chi connectivity index (χ4n) is 2.99. The highest BCUT2D eigenvalue weighted by Crippen LogP contribution is 2.25. The van der Waals surface area contributed by atoms with Crippen molar-refractivity contribution in [1.29, 1.82) is 0 Å². The van der Waals surface area contributed by atoms with Crippen LogP contribution in [0.4, 0.5) is 11.4 Å². The molecule has 21 heavy (non-hydrogen) atoms. The largest absolute Gasteiger partial charge is 0.380 e. The van der Waals surface area contributed by atoms with Gasteiger partial charge in [-0.05, 0) is 49.2 Å². The minimum atomic E-state index is 0.458. The Morgan fingerprint density at radius 2 is 1.24 bits per heavy atom. The van der Waals surface area contributed by atoms with Crippen molar-refractivity contribution in [3.63, 3.8) is 0 Å². The number of anilines is 2. The maximum Gasteiger partial charge on any atom is 0.0462 e. The average Bonchev–Trinajstić information content (AvgIpc) is 2.52. The number of nitrogens with one attached hydrogen (secondary N) is 2. The second-order valence-electron chi connectivity index (χ2n) is 5.66. The monoisotopic (exact) mass is 300 g/mol. The van der Waals surface area contributed by atoms with Gasteiger partial charge in [-0.1, -0.05) is 42.6 Å². The zero-order valence-electron chi connectivity index (χ0n) is 12.1. The molecule has 0 amide bonds. The molecule has 0 saturated heterocycles. The summed E-state index contributed by atoms with van der Waals surface area (Å²) in [7, 11) is 0. The predicted octanol–water partition coefficient (Wildman–Crippen LogP) is 5.18. The Labute approximate surface area is 131 Å². The van der Waals surface area contributed by atoms with Crippen LogP contribution in [-0.2, 0) is 0 Å². The van der Waals surface area contributed by atoms with Gasteiger partial charge in [0.15, 0.2) is 0 Å². The van der Waals surface area contributed by atoms with Gasteiger partial charge in [-0.15, -0.1) is 0 Å². The number of rotatable bonds is 4. The summed E-state index contributed by atoms with van der Waals surface area (Å²) in [5.41, 5.74) is 2.35. The molecule has 110 valence electrons. The molecule has 0 heterocycles. The van der Waals surface area contributed by atoms with Crippen molar-refractivity contribution in [2.24, 2.45) is 0 Å². The zero-order chi connectivity index (χ0) is 14.5. The summed E-state index contributed by atoms with van der Waals surface area (Å²) in [6, 6.07) is 19.4. The van der Waals surface area contributed by atoms with Gasteiger partial charge in [0, 0.05) is 28.5 Å². The van der Waals surface area contributed by atoms with Crippen LogP contribution < -0.4 is 10.6 Å². The van der Waals surface area contributed by atoms with E-state index >= 15 is 0 Å². The lowest BCUT2D eigenvalue weighted by atomic mass is 9.90. The highest BCUT2D eigenvalue weighted by atomic mass is 35.5. The molecule has 1 aliphatic rings. The van der Waals surface area contributed by atoms with Crippen molar-refractivity contribution in [3.8, 4) is 0 Å². The highest BCUT2D eigenvalue weighted by molar-refractivity contribution is 6.30. The Balaban J connectivity index is 1.68. The predicted molar refractivity (Wildman–Crippen MR) is 91.2 cm³/mol. The molecule has 2 aromatic carbocycles. The first-order valence-corrected chi connectivity index (χ1v) is 8.03. The molecule has 0 aliphatic heterocycles. The standard InChI is InChI=1S/C18H21ClN2/c19-14-10-12-16(13-11-14)21-18-9-5-4-8-17(18)20-15-6-2-1-3-7-15/h1-3,6-7,10-13,17-18,20-21H,4-5,8-9H2/t17-,18-/m1/s1. The third kappa shape index (κ3) is 3.92. The van der Waals surface area contributed by atoms with Gasteiger partial charge < -0.3 is 10.6 Å². The molecule has 0 spiro atoms. The average molecular weight is 301 g/mol. The summed E-state index contributed by atoms with van der Waals surface area (Å²) in [5.74, 6) is 0. The molecule has 1 saturated carbocycles. The SMILES string of the molecule is Clc1ccc(N[C@@H]2CCCC[C@H]2Nc2ccccc2)cc1. The van der Waals surface area contributed by atoms with Crippen LogP contribution in [0.1, 0.15) is 25.7 Å². The first kappa shape index (κ1) is 14.3. The molecule has 1 aliphatic carbocycles. The first-order valence-electron chi connectivity index (χ1n) is 7.65. The number of hydrogen-bond donors (Lipinski definition) is 2. The molecule has 0 bridgehead atoms. The molecule has 2 N–H and O–H groups in total. The Bertz CT molecular complexity index is 553. The molecule has 0 radical (unpaired) electrons. The van der Waals surface area contributed by atoms with Crippen LogP contribution in [0.3, 0.4) is 0 Å². The van der Waals surface area contributed by atoms with Crippen LogP contribution in [0.25, 0.3) is 0 Å². The van der Waals surface area contributed by atoms with Crippen LogP contribution >= 0.6 is 11.6 Å². The lowest BCUT2D eigenvalue weighted by Crippen LogP contribution is -2.41. The Morgan fingerprint density at radius 1 is 0.714 bits per heavy atom. The van der Waals surface area contributed by atoms with E-state index < -0.39 is 0 Å². The van der Waals surface area contributed by atoms with E-state index in [9.17, 15) is 0 Å². The smallest absolute Gasteiger partial charge is 0.0462 e. The quantitative estimate of drug-likeness (QED) is 0.813. The van der Waals surface area contributed by atoms with Gasteiger partial charge in [0.2, 0.25) is 0 Å². The molecule has 0 unspecified atom stereocenters. The summed E-state index contributed by atoms with van der Waals surface area (Å²) < 4.78 is 0. The van der Waals surface area contributed by atoms with E-state index in [1.807, 2.05) is 12.1 Å². The normalized spacial score (nSPS) is 21.8. The second-order valence-corrected chi connectivity index (χ2v) is 6.10. The van der Waals surface area contributed by atoms with Crippen molar-refractivity contribution in [2.75, 3.05) is 10.6 Å². The van der Waals surface area contributed by atoms with Crippen LogP contribution in [-0.4, -0.2) is 12.1 Å². The number of para-hydroxylation sites is 1. The second kappa shape index (κ2) is 6.86. The van der Waals surface area contributed by atoms with Crippen molar-refractivity contribution in [1.82, 2.24) is 0 Å². The van der Waals surface area contributed by atoms with E-state index in [1.54, 1.807) is 0 Å². The summed E-state index contributed by atoms with van der Waals surface area (Å²) in [4.78, 5) is 0. The zero-order valence-corrected chi connectivity index (χ0v) is 12.8. The molecular formula is C18H21ClN2. The summed E-state index contributed by atoms with van der Waals surface area (Å²) >= 11 is 5.95. The van der Waals surface area contributed by atoms with E-state index in [0.717, 1.165) is 10.7 Å². The molecule has 2 atom stereocenters. The maximum absolute atomic E-state index is 5.95. The van der Waals surface area contributed by atoms with E-state index in [4.69, 9.17) is 11.6 Å². The minimum absolute atomic E-state index is 0.458. The number of benzene rings is 2. The van der Waals surface area contributed by atoms with Crippen molar-refractivity contribution >= 4 is 23.0 Å². The lowest BCUT2D eigenvalue weighted by Gasteiger charge is -2.34. The third-order valence-electron chi connectivity index (χ3n) is 4.09. The van der Waals surface area contributed by atoms with Gasteiger partial charge in [0.05, 0.1) is 0 Å². The Morgan fingerprint density at radius 3 is 1.81 bits per heavy atom. The Hall–Kier alpha value is -1.67. The van der Waals surface area contributed by atoms with Crippen LogP contribution in [0.2, 0.25) is 5.02 Å². The van der Waals surface area contributed by atoms with E-state index in [1.165, 1.54) is 31.4 Å². The molecule has 2 nitrogen and oxygen atoms in total. The van der Waals surface area contributed by atoms with E-state index in [-0.39, 0.29) is 0 Å². The highest BCUT2D eigenvalue weighted by Gasteiger charge is 2.24. The number of halogens is 1. The third-order valence-corrected chi connectivity index (χ3v) is 4.34. The molecule has 0 aromatic heterocycles. The van der Waals surface area contributed by atoms with Crippen molar-refractivity contribution in [3.05, 3.63) is 59.6 Å². The number of hydrogen-bond acceptors (Lipinski definition) is 2. The summed E-state index contributed by atoms with van der Waals surface area (Å²) in [6.07, 6.45) is 4.99. The fourth-order valence-corrected chi connectivity index (χ4v) is 3.11. The molecule has 3 heteroatoms. The Kier molecular flexibility index (Phi) is 4.66. The van der Waals surface area contributed by atoms with Gasteiger partial charge in [-0.2, -0.15) is 0 Å². The minimum Gasteiger partial charge on any atom is -0.380 e. The van der Waals surface area contributed by atoms with Crippen LogP contribution in [0, 0.1) is 0 Å². The lowest BCUT2D eigenvalue weighted by molar-refractivity contribution is 0.424. The summed E-state index contributed by atoms with van der Waals surface area (Å²) in [6.45, 7) is 0. The first-order chi connectivity index (χ1) is 10.3. The van der Waals surface area contributed by atoms with Gasteiger partial charge in [-0.3, -0.25) is 0 Å². The van der Waals surface area contributed by atoms with Gasteiger partial charge >= 0.3 is 0 Å². The van der Waals surface area contributed by atoms with Crippen LogP contribution in [0.15, 0.2) is 54.6 Å². The molecule has 3 rings (SSSR count). The van der Waals surface area contributed by atoms with Gasteiger partial charge in [-0.25, -0.2) is 0 Å². The van der Waals surface area contributed by atoms with E-state index in [2.05, 4.69) is 53.1 Å². The van der Waals surface area contributed by atoms with Gasteiger partial charge in [0.1, 0.15) is 0 Å².